The Morgan fingerprint density at radius 2 is 2.05 bits per heavy atom. The van der Waals surface area contributed by atoms with Gasteiger partial charge in [-0.1, -0.05) is 0 Å². The Balaban J connectivity index is 1.72. The van der Waals surface area contributed by atoms with Gasteiger partial charge in [-0.05, 0) is 18.8 Å². The molecule has 2 heterocycles. The van der Waals surface area contributed by atoms with Gasteiger partial charge >= 0.3 is 0 Å². The van der Waals surface area contributed by atoms with E-state index in [2.05, 4.69) is 15.8 Å². The molecule has 2 aliphatic heterocycles. The molecule has 0 aromatic rings. The Morgan fingerprint density at radius 1 is 1.35 bits per heavy atom. The SMILES string of the molecule is CC(=O)N1CCC(CNC(=O)C2=NNC(=O)CC2)CC1. The van der Waals surface area contributed by atoms with Crippen molar-refractivity contribution in [2.45, 2.75) is 32.6 Å². The predicted octanol–water partition coefficient (Wildman–Crippen LogP) is -0.373. The van der Waals surface area contributed by atoms with Crippen molar-refractivity contribution in [1.29, 1.82) is 0 Å². The van der Waals surface area contributed by atoms with Gasteiger partial charge in [-0.2, -0.15) is 5.10 Å². The molecule has 0 atom stereocenters. The summed E-state index contributed by atoms with van der Waals surface area (Å²) in [7, 11) is 0. The molecule has 7 heteroatoms. The highest BCUT2D eigenvalue weighted by Crippen LogP contribution is 2.16. The van der Waals surface area contributed by atoms with E-state index >= 15 is 0 Å². The van der Waals surface area contributed by atoms with Crippen LogP contribution in [0, 0.1) is 5.92 Å². The third-order valence-electron chi connectivity index (χ3n) is 3.78. The minimum Gasteiger partial charge on any atom is -0.351 e. The second kappa shape index (κ2) is 6.49. The molecule has 20 heavy (non-hydrogen) atoms. The Labute approximate surface area is 117 Å². The van der Waals surface area contributed by atoms with E-state index in [1.165, 1.54) is 0 Å². The average Bonchev–Trinajstić information content (AvgIpc) is 2.46. The van der Waals surface area contributed by atoms with E-state index in [9.17, 15) is 14.4 Å². The van der Waals surface area contributed by atoms with Crippen molar-refractivity contribution in [3.05, 3.63) is 0 Å². The summed E-state index contributed by atoms with van der Waals surface area (Å²) in [5.41, 5.74) is 2.69. The zero-order valence-electron chi connectivity index (χ0n) is 11.6. The first-order valence-electron chi connectivity index (χ1n) is 6.95. The van der Waals surface area contributed by atoms with Gasteiger partial charge in [0.1, 0.15) is 5.71 Å². The number of nitrogens with one attached hydrogen (secondary N) is 2. The number of piperidine rings is 1. The first-order valence-corrected chi connectivity index (χ1v) is 6.95. The highest BCUT2D eigenvalue weighted by Gasteiger charge is 2.23. The van der Waals surface area contributed by atoms with Gasteiger partial charge in [0, 0.05) is 39.4 Å². The van der Waals surface area contributed by atoms with E-state index < -0.39 is 0 Å². The van der Waals surface area contributed by atoms with E-state index in [1.807, 2.05) is 4.90 Å². The molecule has 1 fully saturated rings. The van der Waals surface area contributed by atoms with Crippen molar-refractivity contribution >= 4 is 23.4 Å². The van der Waals surface area contributed by atoms with E-state index in [0.29, 0.717) is 31.0 Å². The van der Waals surface area contributed by atoms with E-state index in [4.69, 9.17) is 0 Å². The number of nitrogens with zero attached hydrogens (tertiary/aromatic N) is 2. The largest absolute Gasteiger partial charge is 0.351 e. The molecule has 0 radical (unpaired) electrons. The van der Waals surface area contributed by atoms with Gasteiger partial charge in [-0.15, -0.1) is 0 Å². The van der Waals surface area contributed by atoms with Gasteiger partial charge < -0.3 is 10.2 Å². The highest BCUT2D eigenvalue weighted by molar-refractivity contribution is 6.39. The molecule has 0 aromatic heterocycles. The van der Waals surface area contributed by atoms with Gasteiger partial charge in [-0.25, -0.2) is 5.43 Å². The van der Waals surface area contributed by atoms with Crippen LogP contribution in [0.1, 0.15) is 32.6 Å². The number of likely N-dealkylation sites (tertiary alicyclic amines) is 1. The summed E-state index contributed by atoms with van der Waals surface area (Å²) < 4.78 is 0. The van der Waals surface area contributed by atoms with Crippen molar-refractivity contribution in [1.82, 2.24) is 15.6 Å². The van der Waals surface area contributed by atoms with Gasteiger partial charge in [0.15, 0.2) is 0 Å². The molecule has 0 unspecified atom stereocenters. The van der Waals surface area contributed by atoms with Gasteiger partial charge in [-0.3, -0.25) is 14.4 Å². The lowest BCUT2D eigenvalue weighted by molar-refractivity contribution is -0.130. The zero-order valence-corrected chi connectivity index (χ0v) is 11.6. The molecule has 2 N–H and O–H groups in total. The maximum atomic E-state index is 11.9. The molecule has 0 aromatic carbocycles. The van der Waals surface area contributed by atoms with Crippen LogP contribution < -0.4 is 10.7 Å². The molecule has 0 saturated carbocycles. The molecular formula is C13H20N4O3. The monoisotopic (exact) mass is 280 g/mol. The number of hydrogen-bond acceptors (Lipinski definition) is 4. The lowest BCUT2D eigenvalue weighted by Gasteiger charge is -2.31. The molecule has 110 valence electrons. The lowest BCUT2D eigenvalue weighted by atomic mass is 9.96. The summed E-state index contributed by atoms with van der Waals surface area (Å²) in [5.74, 6) is 0.144. The summed E-state index contributed by atoms with van der Waals surface area (Å²) in [5, 5.41) is 6.62. The molecule has 0 spiro atoms. The van der Waals surface area contributed by atoms with Crippen LogP contribution in [0.2, 0.25) is 0 Å². The Morgan fingerprint density at radius 3 is 2.60 bits per heavy atom. The number of carbonyl (C=O) groups excluding carboxylic acids is 3. The van der Waals surface area contributed by atoms with Gasteiger partial charge in [0.25, 0.3) is 5.91 Å². The molecule has 0 aliphatic carbocycles. The minimum absolute atomic E-state index is 0.111. The van der Waals surface area contributed by atoms with Crippen LogP contribution in [0.3, 0.4) is 0 Å². The van der Waals surface area contributed by atoms with Crippen molar-refractivity contribution in [2.24, 2.45) is 11.0 Å². The van der Waals surface area contributed by atoms with Crippen LogP contribution in [0.4, 0.5) is 0 Å². The van der Waals surface area contributed by atoms with Crippen molar-refractivity contribution < 1.29 is 14.4 Å². The van der Waals surface area contributed by atoms with Crippen LogP contribution in [-0.4, -0.2) is 48.0 Å². The highest BCUT2D eigenvalue weighted by atomic mass is 16.2. The lowest BCUT2D eigenvalue weighted by Crippen LogP contribution is -2.42. The number of hydrogen-bond donors (Lipinski definition) is 2. The molecule has 3 amide bonds. The first-order chi connectivity index (χ1) is 9.56. The standard InChI is InChI=1S/C13H20N4O3/c1-9(18)17-6-4-10(5-7-17)8-14-13(20)11-2-3-12(19)16-15-11/h10H,2-8H2,1H3,(H,14,20)(H,16,19). The van der Waals surface area contributed by atoms with Crippen LogP contribution >= 0.6 is 0 Å². The first kappa shape index (κ1) is 14.5. The van der Waals surface area contributed by atoms with Crippen LogP contribution in [-0.2, 0) is 14.4 Å². The Bertz CT molecular complexity index is 439. The van der Waals surface area contributed by atoms with Gasteiger partial charge in [0.05, 0.1) is 0 Å². The predicted molar refractivity (Wildman–Crippen MR) is 72.8 cm³/mol. The second-order valence-corrected chi connectivity index (χ2v) is 5.25. The molecule has 2 rings (SSSR count). The number of amides is 3. The Kier molecular flexibility index (Phi) is 4.70. The maximum absolute atomic E-state index is 11.9. The molecule has 1 saturated heterocycles. The van der Waals surface area contributed by atoms with Crippen LogP contribution in [0.5, 0.6) is 0 Å². The maximum Gasteiger partial charge on any atom is 0.267 e. The third kappa shape index (κ3) is 3.79. The smallest absolute Gasteiger partial charge is 0.267 e. The quantitative estimate of drug-likeness (QED) is 0.739. The third-order valence-corrected chi connectivity index (χ3v) is 3.78. The molecule has 7 nitrogen and oxygen atoms in total. The fourth-order valence-electron chi connectivity index (χ4n) is 2.43. The van der Waals surface area contributed by atoms with Crippen molar-refractivity contribution in [3.8, 4) is 0 Å². The average molecular weight is 280 g/mol. The normalized spacial score (nSPS) is 20.1. The van der Waals surface area contributed by atoms with Crippen LogP contribution in [0.15, 0.2) is 5.10 Å². The van der Waals surface area contributed by atoms with E-state index in [1.54, 1.807) is 6.92 Å². The summed E-state index contributed by atoms with van der Waals surface area (Å²) in [6.45, 7) is 3.69. The fraction of sp³-hybridized carbons (Fsp3) is 0.692. The topological polar surface area (TPSA) is 90.9 Å². The number of hydrazone groups is 1. The van der Waals surface area contributed by atoms with Gasteiger partial charge in [0.2, 0.25) is 11.8 Å². The molecule has 0 bridgehead atoms. The summed E-state index contributed by atoms with van der Waals surface area (Å²) in [4.78, 5) is 35.8. The van der Waals surface area contributed by atoms with Crippen molar-refractivity contribution in [2.75, 3.05) is 19.6 Å². The fourth-order valence-corrected chi connectivity index (χ4v) is 2.43. The summed E-state index contributed by atoms with van der Waals surface area (Å²) >= 11 is 0. The summed E-state index contributed by atoms with van der Waals surface area (Å²) in [6, 6.07) is 0. The second-order valence-electron chi connectivity index (χ2n) is 5.25. The zero-order chi connectivity index (χ0) is 14.5. The van der Waals surface area contributed by atoms with E-state index in [-0.39, 0.29) is 17.7 Å². The molecular weight excluding hydrogens is 260 g/mol. The van der Waals surface area contributed by atoms with Crippen LogP contribution in [0.25, 0.3) is 0 Å². The number of carbonyl (C=O) groups is 3. The molecule has 2 aliphatic rings. The number of rotatable bonds is 3. The van der Waals surface area contributed by atoms with E-state index in [0.717, 1.165) is 25.9 Å². The Hall–Kier alpha value is -1.92. The van der Waals surface area contributed by atoms with Crippen molar-refractivity contribution in [3.63, 3.8) is 0 Å². The summed E-state index contributed by atoms with van der Waals surface area (Å²) in [6.07, 6.45) is 2.51. The minimum atomic E-state index is -0.209.